The van der Waals surface area contributed by atoms with Crippen molar-refractivity contribution in [2.45, 2.75) is 12.5 Å². The van der Waals surface area contributed by atoms with Crippen LogP contribution in [0.25, 0.3) is 0 Å². The fourth-order valence-corrected chi connectivity index (χ4v) is 1.38. The second-order valence-corrected chi connectivity index (χ2v) is 3.69. The van der Waals surface area contributed by atoms with Crippen LogP contribution in [0.4, 0.5) is 0 Å². The SMILES string of the molecule is COc1ccc(C(C)(N)CN)c(OC)c1. The monoisotopic (exact) mass is 210 g/mol. The van der Waals surface area contributed by atoms with E-state index in [2.05, 4.69) is 0 Å². The molecule has 0 bridgehead atoms. The first kappa shape index (κ1) is 11.8. The second kappa shape index (κ2) is 4.51. The summed E-state index contributed by atoms with van der Waals surface area (Å²) in [5, 5.41) is 0. The first-order valence-electron chi connectivity index (χ1n) is 4.76. The Morgan fingerprint density at radius 3 is 2.40 bits per heavy atom. The number of methoxy groups -OCH3 is 2. The summed E-state index contributed by atoms with van der Waals surface area (Å²) in [7, 11) is 3.21. The normalized spacial score (nSPS) is 14.5. The van der Waals surface area contributed by atoms with E-state index in [-0.39, 0.29) is 0 Å². The smallest absolute Gasteiger partial charge is 0.127 e. The van der Waals surface area contributed by atoms with Crippen molar-refractivity contribution >= 4 is 0 Å². The lowest BCUT2D eigenvalue weighted by Gasteiger charge is -2.25. The van der Waals surface area contributed by atoms with Crippen molar-refractivity contribution in [2.75, 3.05) is 20.8 Å². The zero-order valence-corrected chi connectivity index (χ0v) is 9.41. The van der Waals surface area contributed by atoms with Gasteiger partial charge in [0.2, 0.25) is 0 Å². The number of rotatable bonds is 4. The van der Waals surface area contributed by atoms with Crippen molar-refractivity contribution < 1.29 is 9.47 Å². The van der Waals surface area contributed by atoms with Crippen LogP contribution >= 0.6 is 0 Å². The van der Waals surface area contributed by atoms with Crippen LogP contribution in [0.3, 0.4) is 0 Å². The molecule has 1 rings (SSSR count). The molecule has 84 valence electrons. The number of hydrogen-bond acceptors (Lipinski definition) is 4. The average Bonchev–Trinajstić information content (AvgIpc) is 2.28. The highest BCUT2D eigenvalue weighted by Crippen LogP contribution is 2.30. The van der Waals surface area contributed by atoms with Gasteiger partial charge in [0.1, 0.15) is 11.5 Å². The molecule has 0 aliphatic heterocycles. The van der Waals surface area contributed by atoms with Crippen molar-refractivity contribution in [3.8, 4) is 11.5 Å². The third-order valence-corrected chi connectivity index (χ3v) is 2.45. The average molecular weight is 210 g/mol. The van der Waals surface area contributed by atoms with Crippen LogP contribution in [0.5, 0.6) is 11.5 Å². The summed E-state index contributed by atoms with van der Waals surface area (Å²) in [4.78, 5) is 0. The van der Waals surface area contributed by atoms with E-state index in [4.69, 9.17) is 20.9 Å². The number of nitrogens with two attached hydrogens (primary N) is 2. The number of benzene rings is 1. The van der Waals surface area contributed by atoms with E-state index in [1.807, 2.05) is 19.1 Å². The fourth-order valence-electron chi connectivity index (χ4n) is 1.38. The fraction of sp³-hybridized carbons (Fsp3) is 0.455. The maximum atomic E-state index is 6.06. The highest BCUT2D eigenvalue weighted by atomic mass is 16.5. The molecule has 0 fully saturated rings. The molecule has 1 aromatic rings. The summed E-state index contributed by atoms with van der Waals surface area (Å²) in [5.74, 6) is 1.44. The van der Waals surface area contributed by atoms with Gasteiger partial charge in [0.25, 0.3) is 0 Å². The number of ether oxygens (including phenoxy) is 2. The number of hydrogen-bond donors (Lipinski definition) is 2. The summed E-state index contributed by atoms with van der Waals surface area (Å²) in [6.45, 7) is 2.23. The lowest BCUT2D eigenvalue weighted by Crippen LogP contribution is -2.41. The highest BCUT2D eigenvalue weighted by Gasteiger charge is 2.23. The zero-order chi connectivity index (χ0) is 11.5. The standard InChI is InChI=1S/C11H18N2O2/c1-11(13,7-12)9-5-4-8(14-2)6-10(9)15-3/h4-6H,7,12-13H2,1-3H3. The molecule has 4 nitrogen and oxygen atoms in total. The van der Waals surface area contributed by atoms with Gasteiger partial charge in [0.05, 0.1) is 19.8 Å². The second-order valence-electron chi connectivity index (χ2n) is 3.69. The van der Waals surface area contributed by atoms with Crippen LogP contribution in [-0.2, 0) is 5.54 Å². The van der Waals surface area contributed by atoms with Crippen molar-refractivity contribution in [3.63, 3.8) is 0 Å². The third kappa shape index (κ3) is 2.40. The molecule has 0 saturated carbocycles. The molecule has 15 heavy (non-hydrogen) atoms. The first-order valence-corrected chi connectivity index (χ1v) is 4.76. The highest BCUT2D eigenvalue weighted by molar-refractivity contribution is 5.44. The van der Waals surface area contributed by atoms with Crippen LogP contribution in [0.2, 0.25) is 0 Å². The zero-order valence-electron chi connectivity index (χ0n) is 9.41. The molecular formula is C11H18N2O2. The lowest BCUT2D eigenvalue weighted by molar-refractivity contribution is 0.377. The Balaban J connectivity index is 3.18. The van der Waals surface area contributed by atoms with Gasteiger partial charge in [-0.1, -0.05) is 0 Å². The summed E-state index contributed by atoms with van der Waals surface area (Å²) in [6.07, 6.45) is 0. The van der Waals surface area contributed by atoms with E-state index in [9.17, 15) is 0 Å². The molecule has 0 aromatic heterocycles. The molecule has 0 heterocycles. The molecule has 4 heteroatoms. The molecule has 0 saturated heterocycles. The van der Waals surface area contributed by atoms with Crippen molar-refractivity contribution in [1.29, 1.82) is 0 Å². The van der Waals surface area contributed by atoms with E-state index in [0.29, 0.717) is 12.3 Å². The van der Waals surface area contributed by atoms with Gasteiger partial charge in [-0.2, -0.15) is 0 Å². The van der Waals surface area contributed by atoms with Gasteiger partial charge in [0, 0.05) is 18.2 Å². The van der Waals surface area contributed by atoms with Gasteiger partial charge in [0.15, 0.2) is 0 Å². The maximum Gasteiger partial charge on any atom is 0.127 e. The summed E-state index contributed by atoms with van der Waals surface area (Å²) in [5.41, 5.74) is 12.0. The largest absolute Gasteiger partial charge is 0.497 e. The van der Waals surface area contributed by atoms with Gasteiger partial charge in [-0.25, -0.2) is 0 Å². The van der Waals surface area contributed by atoms with Crippen molar-refractivity contribution in [3.05, 3.63) is 23.8 Å². The van der Waals surface area contributed by atoms with Crippen LogP contribution in [0, 0.1) is 0 Å². The van der Waals surface area contributed by atoms with E-state index >= 15 is 0 Å². The quantitative estimate of drug-likeness (QED) is 0.772. The molecule has 0 radical (unpaired) electrons. The Kier molecular flexibility index (Phi) is 3.55. The van der Waals surface area contributed by atoms with Gasteiger partial charge in [-0.3, -0.25) is 0 Å². The molecule has 1 aromatic carbocycles. The molecule has 1 atom stereocenters. The minimum atomic E-state index is -0.586. The molecular weight excluding hydrogens is 192 g/mol. The van der Waals surface area contributed by atoms with Crippen molar-refractivity contribution in [2.24, 2.45) is 11.5 Å². The topological polar surface area (TPSA) is 70.5 Å². The minimum absolute atomic E-state index is 0.357. The third-order valence-electron chi connectivity index (χ3n) is 2.45. The van der Waals surface area contributed by atoms with E-state index < -0.39 is 5.54 Å². The molecule has 0 amide bonds. The maximum absolute atomic E-state index is 6.06. The minimum Gasteiger partial charge on any atom is -0.497 e. The van der Waals surface area contributed by atoms with Crippen LogP contribution in [0.15, 0.2) is 18.2 Å². The Hall–Kier alpha value is -1.26. The predicted octanol–water partition coefficient (Wildman–Crippen LogP) is 0.836. The van der Waals surface area contributed by atoms with Gasteiger partial charge in [-0.05, 0) is 19.1 Å². The lowest BCUT2D eigenvalue weighted by atomic mass is 9.92. The Morgan fingerprint density at radius 1 is 1.27 bits per heavy atom. The van der Waals surface area contributed by atoms with Crippen LogP contribution in [-0.4, -0.2) is 20.8 Å². The van der Waals surface area contributed by atoms with Crippen LogP contribution < -0.4 is 20.9 Å². The molecule has 0 aliphatic rings. The Bertz CT molecular complexity index is 337. The summed E-state index contributed by atoms with van der Waals surface area (Å²) >= 11 is 0. The summed E-state index contributed by atoms with van der Waals surface area (Å²) in [6, 6.07) is 5.53. The molecule has 0 spiro atoms. The molecule has 0 aliphatic carbocycles. The van der Waals surface area contributed by atoms with Crippen molar-refractivity contribution in [1.82, 2.24) is 0 Å². The first-order chi connectivity index (χ1) is 7.05. The van der Waals surface area contributed by atoms with E-state index in [1.54, 1.807) is 20.3 Å². The van der Waals surface area contributed by atoms with Gasteiger partial charge >= 0.3 is 0 Å². The van der Waals surface area contributed by atoms with Gasteiger partial charge < -0.3 is 20.9 Å². The Labute approximate surface area is 90.2 Å². The van der Waals surface area contributed by atoms with Gasteiger partial charge in [-0.15, -0.1) is 0 Å². The van der Waals surface area contributed by atoms with E-state index in [0.717, 1.165) is 11.3 Å². The predicted molar refractivity (Wildman–Crippen MR) is 60.1 cm³/mol. The van der Waals surface area contributed by atoms with Crippen LogP contribution in [0.1, 0.15) is 12.5 Å². The molecule has 1 unspecified atom stereocenters. The Morgan fingerprint density at radius 2 is 1.93 bits per heavy atom. The summed E-state index contributed by atoms with van der Waals surface area (Å²) < 4.78 is 10.4. The van der Waals surface area contributed by atoms with E-state index in [1.165, 1.54) is 0 Å². The molecule has 4 N–H and O–H groups in total.